The molecule has 0 aliphatic heterocycles. The largest absolute Gasteiger partial charge is 0.294 e. The molecule has 2 aromatic rings. The summed E-state index contributed by atoms with van der Waals surface area (Å²) < 4.78 is 0. The van der Waals surface area contributed by atoms with Crippen molar-refractivity contribution in [2.24, 2.45) is 0 Å². The van der Waals surface area contributed by atoms with E-state index in [4.69, 9.17) is 0 Å². The number of carbonyl (C=O) groups excluding carboxylic acids is 1. The standard InChI is InChI=1S/C17H16O/c1-12-5-4-7-14(9-12)17(18)11-15-10-13-6-2-3-8-16(13)15/h2-9,15H,10-11H2,1H3. The molecule has 0 spiro atoms. The minimum atomic E-state index is 0.262. The van der Waals surface area contributed by atoms with E-state index in [1.54, 1.807) is 0 Å². The second-order valence-corrected chi connectivity index (χ2v) is 5.10. The molecule has 1 nitrogen and oxygen atoms in total. The number of hydrogen-bond acceptors (Lipinski definition) is 1. The van der Waals surface area contributed by atoms with Gasteiger partial charge in [-0.05, 0) is 36.5 Å². The maximum Gasteiger partial charge on any atom is 0.163 e. The average molecular weight is 236 g/mol. The van der Waals surface area contributed by atoms with Gasteiger partial charge in [-0.1, -0.05) is 48.0 Å². The third-order valence-electron chi connectivity index (χ3n) is 3.73. The molecule has 0 fully saturated rings. The number of aryl methyl sites for hydroxylation is 1. The Bertz CT molecular complexity index is 598. The first-order valence-electron chi connectivity index (χ1n) is 6.42. The zero-order chi connectivity index (χ0) is 12.5. The van der Waals surface area contributed by atoms with Crippen molar-refractivity contribution in [2.75, 3.05) is 0 Å². The number of Topliss-reactive ketones (excluding diaryl/α,β-unsaturated/α-hetero) is 1. The van der Waals surface area contributed by atoms with Gasteiger partial charge in [0.1, 0.15) is 0 Å². The second kappa shape index (κ2) is 4.41. The van der Waals surface area contributed by atoms with Crippen molar-refractivity contribution in [3.8, 4) is 0 Å². The van der Waals surface area contributed by atoms with Crippen molar-refractivity contribution in [3.63, 3.8) is 0 Å². The molecule has 0 radical (unpaired) electrons. The van der Waals surface area contributed by atoms with E-state index >= 15 is 0 Å². The van der Waals surface area contributed by atoms with Gasteiger partial charge in [-0.3, -0.25) is 4.79 Å². The number of fused-ring (bicyclic) bond motifs is 1. The number of ketones is 1. The van der Waals surface area contributed by atoms with Gasteiger partial charge in [0, 0.05) is 12.0 Å². The number of benzene rings is 2. The van der Waals surface area contributed by atoms with Crippen LogP contribution in [0.15, 0.2) is 48.5 Å². The Morgan fingerprint density at radius 3 is 2.78 bits per heavy atom. The number of rotatable bonds is 3. The molecule has 1 unspecified atom stereocenters. The first-order valence-corrected chi connectivity index (χ1v) is 6.42. The van der Waals surface area contributed by atoms with Crippen LogP contribution in [0.2, 0.25) is 0 Å². The summed E-state index contributed by atoms with van der Waals surface area (Å²) in [5.41, 5.74) is 4.76. The van der Waals surface area contributed by atoms with Crippen molar-refractivity contribution in [1.82, 2.24) is 0 Å². The lowest BCUT2D eigenvalue weighted by molar-refractivity contribution is 0.0970. The van der Waals surface area contributed by atoms with Crippen molar-refractivity contribution < 1.29 is 4.79 Å². The molecule has 0 amide bonds. The quantitative estimate of drug-likeness (QED) is 0.738. The van der Waals surface area contributed by atoms with E-state index in [2.05, 4.69) is 24.3 Å². The molecule has 0 N–H and O–H groups in total. The van der Waals surface area contributed by atoms with Crippen LogP contribution in [0.1, 0.15) is 39.4 Å². The van der Waals surface area contributed by atoms with E-state index in [9.17, 15) is 4.79 Å². The minimum Gasteiger partial charge on any atom is -0.294 e. The molecule has 0 heterocycles. The molecule has 1 aliphatic carbocycles. The van der Waals surface area contributed by atoms with Crippen LogP contribution in [-0.4, -0.2) is 5.78 Å². The van der Waals surface area contributed by atoms with Gasteiger partial charge in [-0.2, -0.15) is 0 Å². The molecular weight excluding hydrogens is 220 g/mol. The van der Waals surface area contributed by atoms with E-state index in [0.29, 0.717) is 12.3 Å². The van der Waals surface area contributed by atoms with E-state index in [1.807, 2.05) is 31.2 Å². The van der Waals surface area contributed by atoms with E-state index in [1.165, 1.54) is 11.1 Å². The van der Waals surface area contributed by atoms with Gasteiger partial charge in [0.2, 0.25) is 0 Å². The number of carbonyl (C=O) groups is 1. The Morgan fingerprint density at radius 1 is 1.17 bits per heavy atom. The highest BCUT2D eigenvalue weighted by atomic mass is 16.1. The summed E-state index contributed by atoms with van der Waals surface area (Å²) in [5, 5.41) is 0. The van der Waals surface area contributed by atoms with Crippen molar-refractivity contribution >= 4 is 5.78 Å². The Kier molecular flexibility index (Phi) is 2.75. The Labute approximate surface area is 107 Å². The van der Waals surface area contributed by atoms with Gasteiger partial charge in [-0.15, -0.1) is 0 Å². The predicted molar refractivity (Wildman–Crippen MR) is 73.0 cm³/mol. The molecule has 2 aromatic carbocycles. The Morgan fingerprint density at radius 2 is 2.00 bits per heavy atom. The molecule has 0 bridgehead atoms. The Hall–Kier alpha value is -1.89. The van der Waals surface area contributed by atoms with Crippen LogP contribution in [0.3, 0.4) is 0 Å². The van der Waals surface area contributed by atoms with Gasteiger partial charge in [-0.25, -0.2) is 0 Å². The van der Waals surface area contributed by atoms with Crippen LogP contribution in [0, 0.1) is 6.92 Å². The summed E-state index contributed by atoms with van der Waals surface area (Å²) >= 11 is 0. The second-order valence-electron chi connectivity index (χ2n) is 5.10. The molecule has 0 saturated heterocycles. The maximum atomic E-state index is 12.2. The maximum absolute atomic E-state index is 12.2. The zero-order valence-electron chi connectivity index (χ0n) is 10.5. The fourth-order valence-electron chi connectivity index (χ4n) is 2.70. The van der Waals surface area contributed by atoms with Crippen molar-refractivity contribution in [3.05, 3.63) is 70.8 Å². The molecule has 90 valence electrons. The molecule has 18 heavy (non-hydrogen) atoms. The molecule has 1 heteroatoms. The molecular formula is C17H16O. The van der Waals surface area contributed by atoms with Crippen LogP contribution in [0.5, 0.6) is 0 Å². The van der Waals surface area contributed by atoms with Crippen LogP contribution in [0.25, 0.3) is 0 Å². The zero-order valence-corrected chi connectivity index (χ0v) is 10.5. The fourth-order valence-corrected chi connectivity index (χ4v) is 2.70. The van der Waals surface area contributed by atoms with Crippen LogP contribution in [0.4, 0.5) is 0 Å². The van der Waals surface area contributed by atoms with Gasteiger partial charge in [0.15, 0.2) is 5.78 Å². The lowest BCUT2D eigenvalue weighted by atomic mass is 9.74. The highest BCUT2D eigenvalue weighted by Crippen LogP contribution is 2.37. The lowest BCUT2D eigenvalue weighted by Crippen LogP contribution is -2.20. The lowest BCUT2D eigenvalue weighted by Gasteiger charge is -2.29. The third-order valence-corrected chi connectivity index (χ3v) is 3.73. The van der Waals surface area contributed by atoms with E-state index in [0.717, 1.165) is 17.5 Å². The summed E-state index contributed by atoms with van der Waals surface area (Å²) in [6, 6.07) is 16.3. The Balaban J connectivity index is 1.74. The summed E-state index contributed by atoms with van der Waals surface area (Å²) in [6.45, 7) is 2.02. The fraction of sp³-hybridized carbons (Fsp3) is 0.235. The molecule has 0 aromatic heterocycles. The monoisotopic (exact) mass is 236 g/mol. The highest BCUT2D eigenvalue weighted by Gasteiger charge is 2.27. The first kappa shape index (κ1) is 11.2. The predicted octanol–water partition coefficient (Wildman–Crippen LogP) is 3.91. The average Bonchev–Trinajstić information content (AvgIpc) is 2.36. The van der Waals surface area contributed by atoms with Gasteiger partial charge < -0.3 is 0 Å². The number of hydrogen-bond donors (Lipinski definition) is 0. The molecule has 0 saturated carbocycles. The van der Waals surface area contributed by atoms with Crippen molar-refractivity contribution in [1.29, 1.82) is 0 Å². The summed E-state index contributed by atoms with van der Waals surface area (Å²) in [5.74, 6) is 0.687. The summed E-state index contributed by atoms with van der Waals surface area (Å²) in [4.78, 5) is 12.2. The van der Waals surface area contributed by atoms with Crippen molar-refractivity contribution in [2.45, 2.75) is 25.7 Å². The van der Waals surface area contributed by atoms with Crippen LogP contribution in [-0.2, 0) is 6.42 Å². The molecule has 1 atom stereocenters. The van der Waals surface area contributed by atoms with E-state index < -0.39 is 0 Å². The molecule has 3 rings (SSSR count). The summed E-state index contributed by atoms with van der Waals surface area (Å²) in [6.07, 6.45) is 1.69. The third kappa shape index (κ3) is 1.97. The first-order chi connectivity index (χ1) is 8.74. The van der Waals surface area contributed by atoms with Gasteiger partial charge in [0.05, 0.1) is 0 Å². The van der Waals surface area contributed by atoms with Crippen LogP contribution >= 0.6 is 0 Å². The SMILES string of the molecule is Cc1cccc(C(=O)CC2Cc3ccccc32)c1. The summed E-state index contributed by atoms with van der Waals surface area (Å²) in [7, 11) is 0. The molecule has 1 aliphatic rings. The minimum absolute atomic E-state index is 0.262. The normalized spacial score (nSPS) is 16.8. The van der Waals surface area contributed by atoms with Gasteiger partial charge >= 0.3 is 0 Å². The smallest absolute Gasteiger partial charge is 0.163 e. The topological polar surface area (TPSA) is 17.1 Å². The van der Waals surface area contributed by atoms with E-state index in [-0.39, 0.29) is 5.78 Å². The highest BCUT2D eigenvalue weighted by molar-refractivity contribution is 5.96. The van der Waals surface area contributed by atoms with Crippen LogP contribution < -0.4 is 0 Å². The van der Waals surface area contributed by atoms with Gasteiger partial charge in [0.25, 0.3) is 0 Å².